The van der Waals surface area contributed by atoms with Crippen LogP contribution in [0.3, 0.4) is 0 Å². The molecule has 0 aliphatic carbocycles. The third kappa shape index (κ3) is 5.00. The molecule has 0 bridgehead atoms. The standard InChI is InChI=1S/C15H24N2O4S2/c1-13(14-7-9-15(10-8-14)22(2,18)19)16-23(20,21)17-11-5-3-4-6-12-17/h7-10,13,16H,3-6,11-12H2,1-2H3/t13-/m1/s1. The Morgan fingerprint density at radius 1 is 0.957 bits per heavy atom. The molecule has 1 saturated heterocycles. The fraction of sp³-hybridized carbons (Fsp3) is 0.600. The minimum absolute atomic E-state index is 0.226. The maximum absolute atomic E-state index is 12.5. The fourth-order valence-electron chi connectivity index (χ4n) is 2.65. The Balaban J connectivity index is 2.09. The van der Waals surface area contributed by atoms with Crippen LogP contribution in [0, 0.1) is 0 Å². The molecule has 0 amide bonds. The van der Waals surface area contributed by atoms with E-state index >= 15 is 0 Å². The lowest BCUT2D eigenvalue weighted by molar-refractivity contribution is 0.410. The number of hydrogen-bond acceptors (Lipinski definition) is 4. The van der Waals surface area contributed by atoms with Gasteiger partial charge in [0, 0.05) is 25.4 Å². The van der Waals surface area contributed by atoms with Crippen molar-refractivity contribution < 1.29 is 16.8 Å². The van der Waals surface area contributed by atoms with E-state index < -0.39 is 26.1 Å². The topological polar surface area (TPSA) is 83.6 Å². The summed E-state index contributed by atoms with van der Waals surface area (Å²) >= 11 is 0. The van der Waals surface area contributed by atoms with Crippen molar-refractivity contribution in [1.82, 2.24) is 9.03 Å². The van der Waals surface area contributed by atoms with E-state index in [0.717, 1.165) is 37.5 Å². The molecule has 0 aromatic heterocycles. The molecule has 0 radical (unpaired) electrons. The zero-order chi connectivity index (χ0) is 17.1. The summed E-state index contributed by atoms with van der Waals surface area (Å²) in [7, 11) is -6.78. The summed E-state index contributed by atoms with van der Waals surface area (Å²) in [5.74, 6) is 0. The Bertz CT molecular complexity index is 719. The molecule has 1 aliphatic heterocycles. The molecule has 8 heteroatoms. The van der Waals surface area contributed by atoms with E-state index in [9.17, 15) is 16.8 Å². The number of sulfone groups is 1. The third-order valence-corrected chi connectivity index (χ3v) is 6.86. The monoisotopic (exact) mass is 360 g/mol. The molecule has 0 spiro atoms. The van der Waals surface area contributed by atoms with Crippen molar-refractivity contribution in [3.05, 3.63) is 29.8 Å². The molecule has 1 atom stereocenters. The van der Waals surface area contributed by atoms with Crippen LogP contribution in [0.5, 0.6) is 0 Å². The Morgan fingerprint density at radius 2 is 1.48 bits per heavy atom. The highest BCUT2D eigenvalue weighted by atomic mass is 32.2. The molecule has 1 heterocycles. The maximum Gasteiger partial charge on any atom is 0.279 e. The lowest BCUT2D eigenvalue weighted by Crippen LogP contribution is -2.42. The van der Waals surface area contributed by atoms with Crippen LogP contribution < -0.4 is 4.72 Å². The largest absolute Gasteiger partial charge is 0.279 e. The molecular formula is C15H24N2O4S2. The van der Waals surface area contributed by atoms with Gasteiger partial charge in [0.1, 0.15) is 0 Å². The van der Waals surface area contributed by atoms with Gasteiger partial charge in [-0.3, -0.25) is 0 Å². The molecule has 23 heavy (non-hydrogen) atoms. The smallest absolute Gasteiger partial charge is 0.224 e. The second-order valence-corrected chi connectivity index (χ2v) is 9.72. The number of benzene rings is 1. The van der Waals surface area contributed by atoms with E-state index in [-0.39, 0.29) is 4.90 Å². The Kier molecular flexibility index (Phi) is 5.83. The fourth-order valence-corrected chi connectivity index (χ4v) is 4.75. The highest BCUT2D eigenvalue weighted by Gasteiger charge is 2.25. The van der Waals surface area contributed by atoms with Crippen LogP contribution in [0.15, 0.2) is 29.2 Å². The molecule has 130 valence electrons. The predicted molar refractivity (Wildman–Crippen MR) is 90.1 cm³/mol. The van der Waals surface area contributed by atoms with Crippen molar-refractivity contribution in [3.8, 4) is 0 Å². The first kappa shape index (κ1) is 18.4. The molecule has 1 fully saturated rings. The molecule has 1 aromatic carbocycles. The zero-order valence-corrected chi connectivity index (χ0v) is 15.2. The van der Waals surface area contributed by atoms with Crippen LogP contribution in [0.1, 0.15) is 44.2 Å². The molecular weight excluding hydrogens is 336 g/mol. The van der Waals surface area contributed by atoms with Crippen molar-refractivity contribution in [2.45, 2.75) is 43.5 Å². The molecule has 1 N–H and O–H groups in total. The summed E-state index contributed by atoms with van der Waals surface area (Å²) in [6, 6.07) is 5.87. The average molecular weight is 361 g/mol. The minimum Gasteiger partial charge on any atom is -0.224 e. The summed E-state index contributed by atoms with van der Waals surface area (Å²) < 4.78 is 52.0. The van der Waals surface area contributed by atoms with Gasteiger partial charge in [0.15, 0.2) is 9.84 Å². The van der Waals surface area contributed by atoms with Gasteiger partial charge in [-0.1, -0.05) is 25.0 Å². The molecule has 6 nitrogen and oxygen atoms in total. The van der Waals surface area contributed by atoms with E-state index in [4.69, 9.17) is 0 Å². The third-order valence-electron chi connectivity index (χ3n) is 4.04. The first-order valence-electron chi connectivity index (χ1n) is 7.77. The predicted octanol–water partition coefficient (Wildman–Crippen LogP) is 1.86. The normalized spacial score (nSPS) is 19.2. The summed E-state index contributed by atoms with van der Waals surface area (Å²) in [6.07, 6.45) is 5.05. The van der Waals surface area contributed by atoms with Crippen LogP contribution in [0.2, 0.25) is 0 Å². The summed E-state index contributed by atoms with van der Waals surface area (Å²) in [5, 5.41) is 0. The molecule has 1 aromatic rings. The second kappa shape index (κ2) is 7.29. The van der Waals surface area contributed by atoms with Crippen LogP contribution in [-0.2, 0) is 20.0 Å². The van der Waals surface area contributed by atoms with Crippen LogP contribution in [-0.4, -0.2) is 40.5 Å². The van der Waals surface area contributed by atoms with Crippen molar-refractivity contribution >= 4 is 20.0 Å². The zero-order valence-electron chi connectivity index (χ0n) is 13.5. The van der Waals surface area contributed by atoms with Gasteiger partial charge in [0.05, 0.1) is 4.90 Å². The summed E-state index contributed by atoms with van der Waals surface area (Å²) in [6.45, 7) is 2.86. The van der Waals surface area contributed by atoms with Gasteiger partial charge < -0.3 is 0 Å². The maximum atomic E-state index is 12.5. The van der Waals surface area contributed by atoms with Crippen molar-refractivity contribution in [1.29, 1.82) is 0 Å². The van der Waals surface area contributed by atoms with Crippen LogP contribution in [0.4, 0.5) is 0 Å². The average Bonchev–Trinajstić information content (AvgIpc) is 2.75. The highest BCUT2D eigenvalue weighted by Crippen LogP contribution is 2.19. The molecule has 0 saturated carbocycles. The summed E-state index contributed by atoms with van der Waals surface area (Å²) in [4.78, 5) is 0.226. The van der Waals surface area contributed by atoms with E-state index in [0.29, 0.717) is 13.1 Å². The van der Waals surface area contributed by atoms with E-state index in [1.54, 1.807) is 19.1 Å². The van der Waals surface area contributed by atoms with Crippen molar-refractivity contribution in [2.75, 3.05) is 19.3 Å². The Labute approximate surface area is 139 Å². The molecule has 0 unspecified atom stereocenters. The van der Waals surface area contributed by atoms with Gasteiger partial charge in [0.2, 0.25) is 0 Å². The van der Waals surface area contributed by atoms with Gasteiger partial charge >= 0.3 is 0 Å². The van der Waals surface area contributed by atoms with Gasteiger partial charge in [-0.15, -0.1) is 0 Å². The minimum atomic E-state index is -3.53. The lowest BCUT2D eigenvalue weighted by Gasteiger charge is -2.23. The van der Waals surface area contributed by atoms with Gasteiger partial charge in [0.25, 0.3) is 10.2 Å². The number of nitrogens with zero attached hydrogens (tertiary/aromatic N) is 1. The molecule has 2 rings (SSSR count). The van der Waals surface area contributed by atoms with Gasteiger partial charge in [-0.2, -0.15) is 17.4 Å². The quantitative estimate of drug-likeness (QED) is 0.869. The number of hydrogen-bond donors (Lipinski definition) is 1. The van der Waals surface area contributed by atoms with Crippen molar-refractivity contribution in [2.24, 2.45) is 0 Å². The first-order chi connectivity index (χ1) is 10.7. The summed E-state index contributed by atoms with van der Waals surface area (Å²) in [5.41, 5.74) is 0.732. The van der Waals surface area contributed by atoms with Gasteiger partial charge in [-0.05, 0) is 37.5 Å². The Morgan fingerprint density at radius 3 is 1.96 bits per heavy atom. The van der Waals surface area contributed by atoms with Gasteiger partial charge in [-0.25, -0.2) is 8.42 Å². The lowest BCUT2D eigenvalue weighted by atomic mass is 10.1. The number of rotatable bonds is 5. The first-order valence-corrected chi connectivity index (χ1v) is 11.1. The van der Waals surface area contributed by atoms with E-state index in [1.165, 1.54) is 16.4 Å². The highest BCUT2D eigenvalue weighted by molar-refractivity contribution is 7.90. The van der Waals surface area contributed by atoms with Crippen LogP contribution in [0.25, 0.3) is 0 Å². The van der Waals surface area contributed by atoms with E-state index in [1.807, 2.05) is 0 Å². The van der Waals surface area contributed by atoms with Crippen molar-refractivity contribution in [3.63, 3.8) is 0 Å². The Hall–Kier alpha value is -0.960. The molecule has 1 aliphatic rings. The van der Waals surface area contributed by atoms with E-state index in [2.05, 4.69) is 4.72 Å². The number of nitrogens with one attached hydrogen (secondary N) is 1. The second-order valence-electron chi connectivity index (χ2n) is 6.00. The van der Waals surface area contributed by atoms with Crippen LogP contribution >= 0.6 is 0 Å². The SMILES string of the molecule is C[C@@H](NS(=O)(=O)N1CCCCCC1)c1ccc(S(C)(=O)=O)cc1.